The number of nitrogens with one attached hydrogen (secondary N) is 1. The van der Waals surface area contributed by atoms with Crippen molar-refractivity contribution >= 4 is 27.8 Å². The van der Waals surface area contributed by atoms with E-state index in [9.17, 15) is 9.59 Å². The van der Waals surface area contributed by atoms with Gasteiger partial charge in [0.15, 0.2) is 0 Å². The molecule has 0 bridgehead atoms. The minimum atomic E-state index is -0.388. The molecule has 126 valence electrons. The number of amides is 1. The van der Waals surface area contributed by atoms with E-state index in [0.717, 1.165) is 29.3 Å². The molecule has 23 heavy (non-hydrogen) atoms. The zero-order valence-electron chi connectivity index (χ0n) is 13.3. The minimum absolute atomic E-state index is 0.0656. The van der Waals surface area contributed by atoms with Crippen molar-refractivity contribution in [2.75, 3.05) is 7.11 Å². The molecule has 1 aliphatic carbocycles. The molecule has 6 heteroatoms. The van der Waals surface area contributed by atoms with Gasteiger partial charge in [-0.15, -0.1) is 0 Å². The molecule has 0 aromatic heterocycles. The summed E-state index contributed by atoms with van der Waals surface area (Å²) in [6.45, 7) is 0. The number of esters is 1. The van der Waals surface area contributed by atoms with Crippen LogP contribution in [0.4, 0.5) is 0 Å². The van der Waals surface area contributed by atoms with E-state index in [0.29, 0.717) is 6.42 Å². The van der Waals surface area contributed by atoms with E-state index in [2.05, 4.69) is 21.2 Å². The van der Waals surface area contributed by atoms with Crippen LogP contribution in [-0.4, -0.2) is 25.0 Å². The second-order valence-electron chi connectivity index (χ2n) is 6.01. The van der Waals surface area contributed by atoms with Gasteiger partial charge in [0.1, 0.15) is 0 Å². The molecule has 1 saturated carbocycles. The maximum absolute atomic E-state index is 12.3. The summed E-state index contributed by atoms with van der Waals surface area (Å²) in [5.41, 5.74) is 6.91. The van der Waals surface area contributed by atoms with Crippen LogP contribution in [0.1, 0.15) is 43.7 Å². The normalized spacial score (nSPS) is 21.7. The third kappa shape index (κ3) is 5.32. The summed E-state index contributed by atoms with van der Waals surface area (Å²) in [5, 5.41) is 2.95. The summed E-state index contributed by atoms with van der Waals surface area (Å²) < 4.78 is 5.68. The maximum atomic E-state index is 12.3. The number of ether oxygens (including phenoxy) is 1. The smallest absolute Gasteiger partial charge is 0.307 e. The fraction of sp³-hybridized carbons (Fsp3) is 0.529. The third-order valence-electron chi connectivity index (χ3n) is 4.37. The molecule has 5 nitrogen and oxygen atoms in total. The van der Waals surface area contributed by atoms with Gasteiger partial charge in [-0.1, -0.05) is 34.5 Å². The molecule has 1 aromatic rings. The van der Waals surface area contributed by atoms with Gasteiger partial charge in [-0.05, 0) is 36.5 Å². The van der Waals surface area contributed by atoms with Gasteiger partial charge in [0.2, 0.25) is 5.91 Å². The van der Waals surface area contributed by atoms with Crippen LogP contribution in [0.25, 0.3) is 0 Å². The van der Waals surface area contributed by atoms with Crippen LogP contribution < -0.4 is 11.1 Å². The first-order valence-corrected chi connectivity index (χ1v) is 8.66. The van der Waals surface area contributed by atoms with Crippen molar-refractivity contribution in [3.05, 3.63) is 34.3 Å². The SMILES string of the molecule is COC(=O)CC(NC(=O)C[C@@H]1CCC[C@H]1N)c1ccc(Br)cc1. The summed E-state index contributed by atoms with van der Waals surface area (Å²) in [4.78, 5) is 24.0. The fourth-order valence-electron chi connectivity index (χ4n) is 3.01. The second kappa shape index (κ2) is 8.45. The van der Waals surface area contributed by atoms with Crippen molar-refractivity contribution in [2.45, 2.75) is 44.2 Å². The van der Waals surface area contributed by atoms with E-state index in [1.165, 1.54) is 7.11 Å². The lowest BCUT2D eigenvalue weighted by Gasteiger charge is -2.21. The monoisotopic (exact) mass is 382 g/mol. The molecular formula is C17H23BrN2O3. The van der Waals surface area contributed by atoms with Crippen molar-refractivity contribution in [3.8, 4) is 0 Å². The average molecular weight is 383 g/mol. The lowest BCUT2D eigenvalue weighted by molar-refractivity contribution is -0.141. The van der Waals surface area contributed by atoms with Crippen LogP contribution >= 0.6 is 15.9 Å². The molecule has 1 aromatic carbocycles. The summed E-state index contributed by atoms with van der Waals surface area (Å²) in [7, 11) is 1.35. The highest BCUT2D eigenvalue weighted by atomic mass is 79.9. The summed E-state index contributed by atoms with van der Waals surface area (Å²) in [6.07, 6.45) is 3.58. The number of carbonyl (C=O) groups is 2. The highest BCUT2D eigenvalue weighted by molar-refractivity contribution is 9.10. The molecule has 1 aliphatic rings. The Bertz CT molecular complexity index is 547. The van der Waals surface area contributed by atoms with Crippen LogP contribution in [-0.2, 0) is 14.3 Å². The number of rotatable bonds is 6. The molecule has 0 spiro atoms. The highest BCUT2D eigenvalue weighted by Crippen LogP contribution is 2.27. The molecule has 1 fully saturated rings. The van der Waals surface area contributed by atoms with Crippen LogP contribution in [0.15, 0.2) is 28.7 Å². The average Bonchev–Trinajstić information content (AvgIpc) is 2.92. The molecule has 0 heterocycles. The lowest BCUT2D eigenvalue weighted by Crippen LogP contribution is -2.34. The number of halogens is 1. The Balaban J connectivity index is 2.02. The van der Waals surface area contributed by atoms with Crippen LogP contribution in [0.2, 0.25) is 0 Å². The molecule has 0 aliphatic heterocycles. The minimum Gasteiger partial charge on any atom is -0.469 e. The predicted octanol–water partition coefficient (Wildman–Crippen LogP) is 2.69. The maximum Gasteiger partial charge on any atom is 0.307 e. The highest BCUT2D eigenvalue weighted by Gasteiger charge is 2.27. The standard InChI is InChI=1S/C17H23BrN2O3/c1-23-17(22)10-15(11-5-7-13(18)8-6-11)20-16(21)9-12-3-2-4-14(12)19/h5-8,12,14-15H,2-4,9-10,19H2,1H3,(H,20,21)/t12-,14+,15?/m0/s1. The van der Waals surface area contributed by atoms with Crippen LogP contribution in [0.3, 0.4) is 0 Å². The van der Waals surface area contributed by atoms with Gasteiger partial charge in [-0.3, -0.25) is 9.59 Å². The quantitative estimate of drug-likeness (QED) is 0.741. The zero-order chi connectivity index (χ0) is 16.8. The third-order valence-corrected chi connectivity index (χ3v) is 4.90. The summed E-state index contributed by atoms with van der Waals surface area (Å²) in [5.74, 6) is -0.182. The molecular weight excluding hydrogens is 360 g/mol. The predicted molar refractivity (Wildman–Crippen MR) is 91.6 cm³/mol. The molecule has 0 saturated heterocycles. The molecule has 3 atom stereocenters. The number of carbonyl (C=O) groups excluding carboxylic acids is 2. The molecule has 1 unspecified atom stereocenters. The van der Waals surface area contributed by atoms with E-state index >= 15 is 0 Å². The lowest BCUT2D eigenvalue weighted by atomic mass is 9.98. The number of methoxy groups -OCH3 is 1. The Morgan fingerprint density at radius 1 is 1.35 bits per heavy atom. The number of benzene rings is 1. The molecule has 3 N–H and O–H groups in total. The van der Waals surface area contributed by atoms with Gasteiger partial charge in [-0.25, -0.2) is 0 Å². The van der Waals surface area contributed by atoms with Crippen molar-refractivity contribution in [1.82, 2.24) is 5.32 Å². The van der Waals surface area contributed by atoms with Crippen molar-refractivity contribution in [2.24, 2.45) is 11.7 Å². The fourth-order valence-corrected chi connectivity index (χ4v) is 3.27. The Morgan fingerprint density at radius 2 is 2.04 bits per heavy atom. The first-order valence-electron chi connectivity index (χ1n) is 7.87. The van der Waals surface area contributed by atoms with Gasteiger partial charge in [0.05, 0.1) is 19.6 Å². The number of nitrogens with two attached hydrogens (primary N) is 1. The van der Waals surface area contributed by atoms with E-state index in [1.54, 1.807) is 0 Å². The zero-order valence-corrected chi connectivity index (χ0v) is 14.8. The van der Waals surface area contributed by atoms with E-state index in [-0.39, 0.29) is 36.3 Å². The Hall–Kier alpha value is -1.40. The van der Waals surface area contributed by atoms with Crippen molar-refractivity contribution in [1.29, 1.82) is 0 Å². The van der Waals surface area contributed by atoms with E-state index < -0.39 is 0 Å². The van der Waals surface area contributed by atoms with Gasteiger partial charge in [-0.2, -0.15) is 0 Å². The largest absolute Gasteiger partial charge is 0.469 e. The topological polar surface area (TPSA) is 81.4 Å². The van der Waals surface area contributed by atoms with Gasteiger partial charge < -0.3 is 15.8 Å². The molecule has 2 rings (SSSR count). The molecule has 0 radical (unpaired) electrons. The van der Waals surface area contributed by atoms with E-state index in [4.69, 9.17) is 10.5 Å². The van der Waals surface area contributed by atoms with Gasteiger partial charge in [0, 0.05) is 16.9 Å². The first-order chi connectivity index (χ1) is 11.0. The first kappa shape index (κ1) is 17.9. The summed E-state index contributed by atoms with van der Waals surface area (Å²) in [6, 6.07) is 7.27. The molecule has 1 amide bonds. The Morgan fingerprint density at radius 3 is 2.61 bits per heavy atom. The van der Waals surface area contributed by atoms with Crippen molar-refractivity contribution < 1.29 is 14.3 Å². The number of hydrogen-bond acceptors (Lipinski definition) is 4. The number of hydrogen-bond donors (Lipinski definition) is 2. The van der Waals surface area contributed by atoms with Crippen molar-refractivity contribution in [3.63, 3.8) is 0 Å². The van der Waals surface area contributed by atoms with E-state index in [1.807, 2.05) is 24.3 Å². The van der Waals surface area contributed by atoms with Gasteiger partial charge in [0.25, 0.3) is 0 Å². The summed E-state index contributed by atoms with van der Waals surface area (Å²) >= 11 is 3.38. The van der Waals surface area contributed by atoms with Crippen LogP contribution in [0.5, 0.6) is 0 Å². The Kier molecular flexibility index (Phi) is 6.59. The Labute approximate surface area is 145 Å². The van der Waals surface area contributed by atoms with Crippen LogP contribution in [0, 0.1) is 5.92 Å². The second-order valence-corrected chi connectivity index (χ2v) is 6.93. The van der Waals surface area contributed by atoms with Gasteiger partial charge >= 0.3 is 5.97 Å².